The Balaban J connectivity index is 1.52. The third-order valence-corrected chi connectivity index (χ3v) is 7.88. The van der Waals surface area contributed by atoms with E-state index in [0.717, 1.165) is 23.5 Å². The van der Waals surface area contributed by atoms with Gasteiger partial charge in [0.25, 0.3) is 0 Å². The van der Waals surface area contributed by atoms with Gasteiger partial charge in [0, 0.05) is 0 Å². The van der Waals surface area contributed by atoms with E-state index < -0.39 is 0 Å². The molecular formula is C25H35NO. The van der Waals surface area contributed by atoms with Crippen LogP contribution in [0.1, 0.15) is 70.9 Å². The lowest BCUT2D eigenvalue weighted by Crippen LogP contribution is -2.28. The van der Waals surface area contributed by atoms with Crippen molar-refractivity contribution in [2.45, 2.75) is 73.3 Å². The fourth-order valence-corrected chi connectivity index (χ4v) is 6.61. The van der Waals surface area contributed by atoms with Crippen molar-refractivity contribution >= 4 is 5.71 Å². The highest BCUT2D eigenvalue weighted by atomic mass is 16.6. The van der Waals surface area contributed by atoms with Gasteiger partial charge in [-0.1, -0.05) is 67.7 Å². The van der Waals surface area contributed by atoms with Gasteiger partial charge in [0.05, 0.1) is 5.71 Å². The first kappa shape index (κ1) is 18.8. The van der Waals surface area contributed by atoms with Crippen LogP contribution in [0, 0.1) is 35.5 Å². The van der Waals surface area contributed by atoms with Gasteiger partial charge in [0.2, 0.25) is 0 Å². The molecular weight excluding hydrogens is 330 g/mol. The van der Waals surface area contributed by atoms with Crippen LogP contribution in [-0.2, 0) is 11.4 Å². The number of allylic oxidation sites excluding steroid dienone is 2. The molecule has 2 nitrogen and oxygen atoms in total. The largest absolute Gasteiger partial charge is 0.391 e. The monoisotopic (exact) mass is 365 g/mol. The van der Waals surface area contributed by atoms with Crippen LogP contribution in [0.4, 0.5) is 0 Å². The van der Waals surface area contributed by atoms with Crippen molar-refractivity contribution in [3.05, 3.63) is 47.0 Å². The van der Waals surface area contributed by atoms with Crippen molar-refractivity contribution in [3.8, 4) is 0 Å². The van der Waals surface area contributed by atoms with E-state index in [4.69, 9.17) is 4.84 Å². The summed E-state index contributed by atoms with van der Waals surface area (Å²) in [4.78, 5) is 5.67. The average Bonchev–Trinajstić information content (AvgIpc) is 3.11. The number of oxime groups is 1. The van der Waals surface area contributed by atoms with Crippen molar-refractivity contribution in [1.29, 1.82) is 0 Å². The first-order valence-corrected chi connectivity index (χ1v) is 10.8. The number of aryl methyl sites for hydroxylation is 1. The summed E-state index contributed by atoms with van der Waals surface area (Å²) in [6.45, 7) is 12.3. The third-order valence-electron chi connectivity index (χ3n) is 7.88. The molecule has 27 heavy (non-hydrogen) atoms. The molecule has 3 saturated carbocycles. The molecule has 4 atom stereocenters. The van der Waals surface area contributed by atoms with Crippen LogP contribution >= 0.6 is 0 Å². The van der Waals surface area contributed by atoms with Crippen LogP contribution in [0.15, 0.2) is 41.1 Å². The fourth-order valence-electron chi connectivity index (χ4n) is 6.61. The van der Waals surface area contributed by atoms with E-state index in [1.54, 1.807) is 5.57 Å². The Morgan fingerprint density at radius 2 is 1.89 bits per heavy atom. The van der Waals surface area contributed by atoms with Crippen molar-refractivity contribution in [3.63, 3.8) is 0 Å². The van der Waals surface area contributed by atoms with Gasteiger partial charge in [-0.05, 0) is 79.8 Å². The summed E-state index contributed by atoms with van der Waals surface area (Å²) in [7, 11) is 0. The molecule has 3 fully saturated rings. The maximum Gasteiger partial charge on any atom is 0.142 e. The Bertz CT molecular complexity index is 757. The topological polar surface area (TPSA) is 21.6 Å². The quantitative estimate of drug-likeness (QED) is 0.430. The lowest BCUT2D eigenvalue weighted by Gasteiger charge is -2.36. The maximum absolute atomic E-state index is 5.67. The molecule has 2 heteroatoms. The maximum atomic E-state index is 5.67. The molecule has 4 rings (SSSR count). The fraction of sp³-hybridized carbons (Fsp3) is 0.640. The number of rotatable bonds is 4. The van der Waals surface area contributed by atoms with E-state index in [2.05, 4.69) is 70.1 Å². The zero-order valence-electron chi connectivity index (χ0n) is 17.7. The van der Waals surface area contributed by atoms with Crippen molar-refractivity contribution in [1.82, 2.24) is 0 Å². The van der Waals surface area contributed by atoms with Crippen molar-refractivity contribution in [2.75, 3.05) is 0 Å². The Hall–Kier alpha value is -1.57. The first-order valence-electron chi connectivity index (χ1n) is 10.8. The first-order chi connectivity index (χ1) is 12.8. The molecule has 4 bridgehead atoms. The molecule has 3 aliphatic carbocycles. The summed E-state index contributed by atoms with van der Waals surface area (Å²) in [5.41, 5.74) is 6.01. The summed E-state index contributed by atoms with van der Waals surface area (Å²) in [6, 6.07) is 8.48. The number of nitrogens with zero attached hydrogens (tertiary/aromatic N) is 1. The highest BCUT2D eigenvalue weighted by molar-refractivity contribution is 5.93. The Morgan fingerprint density at radius 1 is 1.15 bits per heavy atom. The zero-order chi connectivity index (χ0) is 19.2. The van der Waals surface area contributed by atoms with Gasteiger partial charge >= 0.3 is 0 Å². The minimum Gasteiger partial charge on any atom is -0.391 e. The smallest absolute Gasteiger partial charge is 0.142 e. The molecule has 0 spiro atoms. The van der Waals surface area contributed by atoms with E-state index in [-0.39, 0.29) is 0 Å². The van der Waals surface area contributed by atoms with Gasteiger partial charge in [-0.3, -0.25) is 0 Å². The molecule has 0 amide bonds. The second-order valence-corrected chi connectivity index (χ2v) is 10.2. The van der Waals surface area contributed by atoms with Gasteiger partial charge < -0.3 is 4.84 Å². The highest BCUT2D eigenvalue weighted by Gasteiger charge is 2.62. The number of hydrogen-bond acceptors (Lipinski definition) is 2. The summed E-state index contributed by atoms with van der Waals surface area (Å²) >= 11 is 0. The molecule has 1 aromatic rings. The van der Waals surface area contributed by atoms with Crippen molar-refractivity contribution in [2.24, 2.45) is 33.7 Å². The minimum atomic E-state index is 0.384. The van der Waals surface area contributed by atoms with Crippen LogP contribution in [-0.4, -0.2) is 5.71 Å². The van der Waals surface area contributed by atoms with Crippen LogP contribution in [0.3, 0.4) is 0 Å². The lowest BCUT2D eigenvalue weighted by molar-refractivity contribution is 0.130. The molecule has 0 aromatic heterocycles. The van der Waals surface area contributed by atoms with Gasteiger partial charge in [-0.25, -0.2) is 0 Å². The molecule has 0 aliphatic heterocycles. The van der Waals surface area contributed by atoms with Crippen LogP contribution in [0.2, 0.25) is 0 Å². The number of benzene rings is 1. The highest BCUT2D eigenvalue weighted by Crippen LogP contribution is 2.70. The standard InChI is InChI=1S/C25H35NO/c1-17-7-9-19(10-8-17)16-27-26-18(2)15-22-20-11-12-21-23(20)24(3,4)13-6-14-25(21,22)5/h7-10,15,20-21,23H,6,11-14,16H2,1-5H3/b22-15?,26-18+/t20-,21-,23-,25+/m1/s1. The minimum absolute atomic E-state index is 0.384. The van der Waals surface area contributed by atoms with Gasteiger partial charge in [0.1, 0.15) is 6.61 Å². The van der Waals surface area contributed by atoms with E-state index in [1.165, 1.54) is 43.2 Å². The van der Waals surface area contributed by atoms with Crippen LogP contribution < -0.4 is 0 Å². The normalized spacial score (nSPS) is 36.1. The Labute approximate surface area is 165 Å². The summed E-state index contributed by atoms with van der Waals surface area (Å²) < 4.78 is 0. The summed E-state index contributed by atoms with van der Waals surface area (Å²) in [5, 5.41) is 4.43. The van der Waals surface area contributed by atoms with Crippen molar-refractivity contribution < 1.29 is 4.84 Å². The molecule has 0 radical (unpaired) electrons. The van der Waals surface area contributed by atoms with E-state index >= 15 is 0 Å². The molecule has 0 heterocycles. The zero-order valence-corrected chi connectivity index (χ0v) is 17.7. The second-order valence-electron chi connectivity index (χ2n) is 10.2. The molecule has 1 aromatic carbocycles. The molecule has 146 valence electrons. The molecule has 0 unspecified atom stereocenters. The van der Waals surface area contributed by atoms with Crippen LogP contribution in [0.25, 0.3) is 0 Å². The third kappa shape index (κ3) is 3.26. The SMILES string of the molecule is C/C(C=C1[C@H]2CC[C@@H]3[C@@H]2C(C)(C)CCC[C@]13C)=N\OCc1ccc(C)cc1. The predicted octanol–water partition coefficient (Wildman–Crippen LogP) is 6.69. The molecule has 3 aliphatic rings. The Morgan fingerprint density at radius 3 is 2.63 bits per heavy atom. The van der Waals surface area contributed by atoms with Gasteiger partial charge in [-0.2, -0.15) is 0 Å². The average molecular weight is 366 g/mol. The Kier molecular flexibility index (Phi) is 4.72. The molecule has 0 saturated heterocycles. The summed E-state index contributed by atoms with van der Waals surface area (Å²) in [6.07, 6.45) is 9.27. The lowest BCUT2D eigenvalue weighted by atomic mass is 9.68. The van der Waals surface area contributed by atoms with E-state index in [1.807, 2.05) is 0 Å². The van der Waals surface area contributed by atoms with Crippen LogP contribution in [0.5, 0.6) is 0 Å². The van der Waals surface area contributed by atoms with E-state index in [9.17, 15) is 0 Å². The number of hydrogen-bond donors (Lipinski definition) is 0. The summed E-state index contributed by atoms with van der Waals surface area (Å²) in [5.74, 6) is 2.49. The van der Waals surface area contributed by atoms with Gasteiger partial charge in [-0.15, -0.1) is 0 Å². The van der Waals surface area contributed by atoms with E-state index in [0.29, 0.717) is 17.4 Å². The van der Waals surface area contributed by atoms with Gasteiger partial charge in [0.15, 0.2) is 0 Å². The predicted molar refractivity (Wildman–Crippen MR) is 113 cm³/mol. The second kappa shape index (κ2) is 6.79. The molecule has 0 N–H and O–H groups in total.